The van der Waals surface area contributed by atoms with Crippen molar-refractivity contribution in [1.29, 1.82) is 5.26 Å². The molecule has 0 aliphatic rings. The first-order valence-corrected chi connectivity index (χ1v) is 7.54. The van der Waals surface area contributed by atoms with Crippen LogP contribution < -0.4 is 0 Å². The molecule has 0 saturated carbocycles. The molecule has 0 spiro atoms. The third-order valence-electron chi connectivity index (χ3n) is 2.49. The molecule has 20 heavy (non-hydrogen) atoms. The maximum absolute atomic E-state index is 10.7. The van der Waals surface area contributed by atoms with E-state index in [-0.39, 0.29) is 6.42 Å². The molecule has 5 nitrogen and oxygen atoms in total. The quantitative estimate of drug-likeness (QED) is 0.854. The zero-order chi connectivity index (χ0) is 14.5. The molecule has 7 heteroatoms. The molecule has 2 aromatic heterocycles. The van der Waals surface area contributed by atoms with Crippen LogP contribution in [0.15, 0.2) is 22.7 Å². The van der Waals surface area contributed by atoms with Crippen molar-refractivity contribution in [3.05, 3.63) is 40.2 Å². The summed E-state index contributed by atoms with van der Waals surface area (Å²) in [6, 6.07) is 5.60. The van der Waals surface area contributed by atoms with Crippen molar-refractivity contribution < 1.29 is 9.90 Å². The average Bonchev–Trinajstić information content (AvgIpc) is 2.76. The van der Waals surface area contributed by atoms with E-state index in [4.69, 9.17) is 10.4 Å². The molecule has 102 valence electrons. The van der Waals surface area contributed by atoms with Crippen molar-refractivity contribution in [3.63, 3.8) is 0 Å². The molecule has 0 aliphatic carbocycles. The predicted octanol–water partition coefficient (Wildman–Crippen LogP) is 2.64. The summed E-state index contributed by atoms with van der Waals surface area (Å²) in [5.41, 5.74) is 2.16. The fourth-order valence-electron chi connectivity index (χ4n) is 1.53. The highest BCUT2D eigenvalue weighted by atomic mass is 32.2. The SMILES string of the molecule is Cc1nc(SCc2ccnc(C#N)c2)sc1CC(=O)O. The van der Waals surface area contributed by atoms with E-state index in [0.29, 0.717) is 11.4 Å². The van der Waals surface area contributed by atoms with Crippen LogP contribution in [-0.2, 0) is 17.0 Å². The Hall–Kier alpha value is -1.91. The molecule has 2 aromatic rings. The van der Waals surface area contributed by atoms with Gasteiger partial charge in [0.1, 0.15) is 11.8 Å². The topological polar surface area (TPSA) is 86.9 Å². The Balaban J connectivity index is 2.04. The Morgan fingerprint density at radius 3 is 3.10 bits per heavy atom. The second-order valence-corrected chi connectivity index (χ2v) is 6.31. The molecular weight excluding hydrogens is 294 g/mol. The van der Waals surface area contributed by atoms with Crippen molar-refractivity contribution in [2.75, 3.05) is 0 Å². The summed E-state index contributed by atoms with van der Waals surface area (Å²) in [4.78, 5) is 19.8. The number of aliphatic carboxylic acids is 1. The second-order valence-electron chi connectivity index (χ2n) is 4.01. The van der Waals surface area contributed by atoms with Crippen LogP contribution in [0.5, 0.6) is 0 Å². The first-order chi connectivity index (χ1) is 9.58. The minimum atomic E-state index is -0.846. The number of hydrogen-bond acceptors (Lipinski definition) is 6. The van der Waals surface area contributed by atoms with E-state index in [1.54, 1.807) is 12.3 Å². The Labute approximate surface area is 124 Å². The Morgan fingerprint density at radius 2 is 2.40 bits per heavy atom. The van der Waals surface area contributed by atoms with Gasteiger partial charge in [0, 0.05) is 16.8 Å². The highest BCUT2D eigenvalue weighted by Gasteiger charge is 2.11. The molecular formula is C13H11N3O2S2. The first-order valence-electron chi connectivity index (χ1n) is 5.74. The minimum Gasteiger partial charge on any atom is -0.481 e. The zero-order valence-corrected chi connectivity index (χ0v) is 12.3. The molecule has 0 atom stereocenters. The Bertz CT molecular complexity index is 676. The number of carbonyl (C=O) groups is 1. The number of aryl methyl sites for hydroxylation is 1. The molecule has 0 aromatic carbocycles. The molecule has 2 heterocycles. The highest BCUT2D eigenvalue weighted by molar-refractivity contribution is 8.00. The molecule has 2 rings (SSSR count). The van der Waals surface area contributed by atoms with Crippen molar-refractivity contribution in [1.82, 2.24) is 9.97 Å². The van der Waals surface area contributed by atoms with Gasteiger partial charge in [0.25, 0.3) is 0 Å². The molecule has 0 radical (unpaired) electrons. The van der Waals surface area contributed by atoms with E-state index in [9.17, 15) is 4.79 Å². The van der Waals surface area contributed by atoms with Gasteiger partial charge in [-0.1, -0.05) is 11.8 Å². The number of carboxylic acid groups (broad SMARTS) is 1. The first kappa shape index (κ1) is 14.5. The zero-order valence-electron chi connectivity index (χ0n) is 10.7. The average molecular weight is 305 g/mol. The number of nitrogens with zero attached hydrogens (tertiary/aromatic N) is 3. The van der Waals surface area contributed by atoms with E-state index in [1.807, 2.05) is 19.1 Å². The number of thiazole rings is 1. The molecule has 0 fully saturated rings. The molecule has 0 unspecified atom stereocenters. The van der Waals surface area contributed by atoms with Gasteiger partial charge >= 0.3 is 5.97 Å². The van der Waals surface area contributed by atoms with Crippen molar-refractivity contribution >= 4 is 29.1 Å². The minimum absolute atomic E-state index is 0.0118. The maximum Gasteiger partial charge on any atom is 0.308 e. The summed E-state index contributed by atoms with van der Waals surface area (Å²) in [6.45, 7) is 1.82. The summed E-state index contributed by atoms with van der Waals surface area (Å²) in [6.07, 6.45) is 1.62. The van der Waals surface area contributed by atoms with Crippen LogP contribution in [0, 0.1) is 18.3 Å². The van der Waals surface area contributed by atoms with Gasteiger partial charge in [-0.05, 0) is 24.6 Å². The lowest BCUT2D eigenvalue weighted by molar-refractivity contribution is -0.136. The second kappa shape index (κ2) is 6.50. The van der Waals surface area contributed by atoms with E-state index >= 15 is 0 Å². The molecule has 0 aliphatic heterocycles. The number of carboxylic acids is 1. The van der Waals surface area contributed by atoms with Gasteiger partial charge < -0.3 is 5.11 Å². The van der Waals surface area contributed by atoms with Crippen LogP contribution in [0.2, 0.25) is 0 Å². The molecule has 0 bridgehead atoms. The standard InChI is InChI=1S/C13H11N3O2S2/c1-8-11(5-12(17)18)20-13(16-8)19-7-9-2-3-15-10(4-9)6-14/h2-4H,5,7H2,1H3,(H,17,18). The van der Waals surface area contributed by atoms with Crippen molar-refractivity contribution in [3.8, 4) is 6.07 Å². The van der Waals surface area contributed by atoms with Gasteiger partial charge in [0.15, 0.2) is 4.34 Å². The lowest BCUT2D eigenvalue weighted by atomic mass is 10.2. The smallest absolute Gasteiger partial charge is 0.308 e. The van der Waals surface area contributed by atoms with Crippen LogP contribution >= 0.6 is 23.1 Å². The van der Waals surface area contributed by atoms with E-state index < -0.39 is 5.97 Å². The number of nitriles is 1. The van der Waals surface area contributed by atoms with E-state index in [2.05, 4.69) is 9.97 Å². The number of thioether (sulfide) groups is 1. The molecule has 0 saturated heterocycles. The molecule has 1 N–H and O–H groups in total. The number of hydrogen-bond donors (Lipinski definition) is 1. The largest absolute Gasteiger partial charge is 0.481 e. The number of aromatic nitrogens is 2. The van der Waals surface area contributed by atoms with Crippen LogP contribution in [0.1, 0.15) is 21.8 Å². The Kier molecular flexibility index (Phi) is 4.71. The fourth-order valence-corrected chi connectivity index (χ4v) is 3.70. The monoisotopic (exact) mass is 305 g/mol. The maximum atomic E-state index is 10.7. The van der Waals surface area contributed by atoms with Crippen LogP contribution in [-0.4, -0.2) is 21.0 Å². The van der Waals surface area contributed by atoms with Gasteiger partial charge in [-0.25, -0.2) is 9.97 Å². The van der Waals surface area contributed by atoms with Crippen LogP contribution in [0.3, 0.4) is 0 Å². The number of pyridine rings is 1. The number of rotatable bonds is 5. The highest BCUT2D eigenvalue weighted by Crippen LogP contribution is 2.29. The lowest BCUT2D eigenvalue weighted by Crippen LogP contribution is -1.99. The summed E-state index contributed by atoms with van der Waals surface area (Å²) in [5.74, 6) is -0.169. The van der Waals surface area contributed by atoms with E-state index in [0.717, 1.165) is 20.5 Å². The van der Waals surface area contributed by atoms with Crippen LogP contribution in [0.25, 0.3) is 0 Å². The lowest BCUT2D eigenvalue weighted by Gasteiger charge is -1.98. The van der Waals surface area contributed by atoms with E-state index in [1.165, 1.54) is 23.1 Å². The van der Waals surface area contributed by atoms with Gasteiger partial charge in [-0.3, -0.25) is 4.79 Å². The van der Waals surface area contributed by atoms with Gasteiger partial charge in [-0.15, -0.1) is 11.3 Å². The van der Waals surface area contributed by atoms with Gasteiger partial charge in [0.05, 0.1) is 12.1 Å². The summed E-state index contributed by atoms with van der Waals surface area (Å²) in [7, 11) is 0. The van der Waals surface area contributed by atoms with Crippen LogP contribution in [0.4, 0.5) is 0 Å². The Morgan fingerprint density at radius 1 is 1.60 bits per heavy atom. The van der Waals surface area contributed by atoms with Crippen molar-refractivity contribution in [2.45, 2.75) is 23.4 Å². The third-order valence-corrected chi connectivity index (χ3v) is 4.86. The summed E-state index contributed by atoms with van der Waals surface area (Å²) < 4.78 is 0.842. The fraction of sp³-hybridized carbons (Fsp3) is 0.231. The predicted molar refractivity (Wildman–Crippen MR) is 76.7 cm³/mol. The van der Waals surface area contributed by atoms with Crippen molar-refractivity contribution in [2.24, 2.45) is 0 Å². The summed E-state index contributed by atoms with van der Waals surface area (Å²) >= 11 is 2.94. The van der Waals surface area contributed by atoms with Gasteiger partial charge in [0.2, 0.25) is 0 Å². The molecule has 0 amide bonds. The third kappa shape index (κ3) is 3.79. The normalized spacial score (nSPS) is 10.2. The van der Waals surface area contributed by atoms with Gasteiger partial charge in [-0.2, -0.15) is 5.26 Å². The summed E-state index contributed by atoms with van der Waals surface area (Å²) in [5, 5.41) is 17.6.